The summed E-state index contributed by atoms with van der Waals surface area (Å²) in [5.74, 6) is -1.21. The molecule has 0 saturated carbocycles. The second kappa shape index (κ2) is 8.29. The van der Waals surface area contributed by atoms with E-state index in [4.69, 9.17) is 16.3 Å². The number of amides is 2. The minimum atomic E-state index is -4.83. The number of carbonyl (C=O) groups excluding carboxylic acids is 2. The Morgan fingerprint density at radius 1 is 1.33 bits per heavy atom. The van der Waals surface area contributed by atoms with Gasteiger partial charge < -0.3 is 15.0 Å². The van der Waals surface area contributed by atoms with Crippen LogP contribution in [0.15, 0.2) is 12.3 Å². The first-order valence-corrected chi connectivity index (χ1v) is 9.51. The number of carbonyl (C=O) groups is 2. The first-order valence-electron chi connectivity index (χ1n) is 9.13. The molecule has 1 saturated heterocycles. The molecule has 3 heterocycles. The standard InChI is InChI=1S/C18H19ClF4N4O3/c1-9(20)30-12-7-13(18(21,22)23)16-25-14(15(19)27(16)8-12)17(29)26-5-3-11(4-6-26)24-10(2)28/h7-9,11H,3-6H2,1-2H3,(H,24,28). The van der Waals surface area contributed by atoms with Crippen molar-refractivity contribution < 1.29 is 31.9 Å². The monoisotopic (exact) mass is 450 g/mol. The van der Waals surface area contributed by atoms with Crippen molar-refractivity contribution in [2.75, 3.05) is 13.1 Å². The molecule has 0 radical (unpaired) electrons. The molecule has 164 valence electrons. The molecule has 1 aliphatic heterocycles. The van der Waals surface area contributed by atoms with Crippen LogP contribution in [0.3, 0.4) is 0 Å². The van der Waals surface area contributed by atoms with Crippen molar-refractivity contribution in [1.29, 1.82) is 0 Å². The summed E-state index contributed by atoms with van der Waals surface area (Å²) in [5, 5.41) is 2.44. The number of piperidine rings is 1. The van der Waals surface area contributed by atoms with Crippen LogP contribution in [0, 0.1) is 0 Å². The summed E-state index contributed by atoms with van der Waals surface area (Å²) in [5.41, 5.74) is -2.13. The molecule has 3 rings (SSSR count). The summed E-state index contributed by atoms with van der Waals surface area (Å²) in [6, 6.07) is 0.532. The summed E-state index contributed by atoms with van der Waals surface area (Å²) in [6.45, 7) is 2.99. The van der Waals surface area contributed by atoms with Crippen LogP contribution >= 0.6 is 11.6 Å². The zero-order chi connectivity index (χ0) is 22.2. The summed E-state index contributed by atoms with van der Waals surface area (Å²) in [7, 11) is 0. The molecule has 1 fully saturated rings. The van der Waals surface area contributed by atoms with Crippen LogP contribution in [0.5, 0.6) is 5.75 Å². The van der Waals surface area contributed by atoms with Crippen LogP contribution in [-0.2, 0) is 11.0 Å². The molecule has 1 unspecified atom stereocenters. The fraction of sp³-hybridized carbons (Fsp3) is 0.500. The Balaban J connectivity index is 1.94. The van der Waals surface area contributed by atoms with Crippen LogP contribution < -0.4 is 10.1 Å². The number of hydrogen-bond donors (Lipinski definition) is 1. The molecule has 30 heavy (non-hydrogen) atoms. The molecule has 0 aliphatic carbocycles. The van der Waals surface area contributed by atoms with Crippen molar-refractivity contribution >= 4 is 29.1 Å². The molecule has 2 aromatic rings. The van der Waals surface area contributed by atoms with Gasteiger partial charge in [-0.25, -0.2) is 9.37 Å². The normalized spacial score (nSPS) is 16.6. The van der Waals surface area contributed by atoms with E-state index in [9.17, 15) is 27.2 Å². The average Bonchev–Trinajstić information content (AvgIpc) is 2.96. The van der Waals surface area contributed by atoms with Crippen LogP contribution in [0.1, 0.15) is 42.7 Å². The lowest BCUT2D eigenvalue weighted by Crippen LogP contribution is -2.46. The zero-order valence-corrected chi connectivity index (χ0v) is 16.8. The van der Waals surface area contributed by atoms with E-state index in [1.54, 1.807) is 0 Å². The number of aromatic nitrogens is 2. The van der Waals surface area contributed by atoms with Gasteiger partial charge >= 0.3 is 6.18 Å². The van der Waals surface area contributed by atoms with Gasteiger partial charge in [0.1, 0.15) is 16.5 Å². The quantitative estimate of drug-likeness (QED) is 0.724. The molecular weight excluding hydrogens is 432 g/mol. The second-order valence-electron chi connectivity index (χ2n) is 6.96. The van der Waals surface area contributed by atoms with E-state index in [2.05, 4.69) is 10.3 Å². The lowest BCUT2D eigenvalue weighted by Gasteiger charge is -2.31. The number of fused-ring (bicyclic) bond motifs is 1. The van der Waals surface area contributed by atoms with E-state index in [0.29, 0.717) is 18.9 Å². The minimum Gasteiger partial charge on any atom is -0.459 e. The summed E-state index contributed by atoms with van der Waals surface area (Å²) in [6.07, 6.45) is -4.63. The van der Waals surface area contributed by atoms with Gasteiger partial charge in [-0.3, -0.25) is 14.0 Å². The number of imidazole rings is 1. The van der Waals surface area contributed by atoms with E-state index in [1.807, 2.05) is 0 Å². The summed E-state index contributed by atoms with van der Waals surface area (Å²) in [4.78, 5) is 29.3. The van der Waals surface area contributed by atoms with Crippen molar-refractivity contribution in [2.24, 2.45) is 0 Å². The predicted molar refractivity (Wildman–Crippen MR) is 99.1 cm³/mol. The molecule has 1 atom stereocenters. The third kappa shape index (κ3) is 4.61. The van der Waals surface area contributed by atoms with Gasteiger partial charge in [-0.2, -0.15) is 13.2 Å². The molecule has 1 N–H and O–H groups in total. The first kappa shape index (κ1) is 22.1. The third-order valence-corrected chi connectivity index (χ3v) is 4.99. The molecule has 0 spiro atoms. The maximum atomic E-state index is 13.5. The third-order valence-electron chi connectivity index (χ3n) is 4.63. The van der Waals surface area contributed by atoms with Crippen molar-refractivity contribution in [3.8, 4) is 5.75 Å². The highest BCUT2D eigenvalue weighted by Gasteiger charge is 2.37. The smallest absolute Gasteiger partial charge is 0.420 e. The van der Waals surface area contributed by atoms with Gasteiger partial charge in [0.15, 0.2) is 11.3 Å². The van der Waals surface area contributed by atoms with Gasteiger partial charge in [-0.05, 0) is 18.9 Å². The number of likely N-dealkylation sites (tertiary alicyclic amines) is 1. The van der Waals surface area contributed by atoms with Crippen molar-refractivity contribution in [1.82, 2.24) is 19.6 Å². The molecule has 0 aromatic carbocycles. The van der Waals surface area contributed by atoms with Gasteiger partial charge in [0.25, 0.3) is 5.91 Å². The van der Waals surface area contributed by atoms with Gasteiger partial charge in [0, 0.05) is 33.0 Å². The molecule has 0 bridgehead atoms. The van der Waals surface area contributed by atoms with Crippen LogP contribution in [0.4, 0.5) is 17.6 Å². The zero-order valence-electron chi connectivity index (χ0n) is 16.1. The van der Waals surface area contributed by atoms with Crippen molar-refractivity contribution in [3.05, 3.63) is 28.7 Å². The first-order chi connectivity index (χ1) is 14.0. The van der Waals surface area contributed by atoms with E-state index in [0.717, 1.165) is 17.5 Å². The van der Waals surface area contributed by atoms with Crippen LogP contribution in [-0.4, -0.2) is 51.6 Å². The molecule has 7 nitrogen and oxygen atoms in total. The number of halogens is 5. The SMILES string of the molecule is CC(=O)NC1CCN(C(=O)c2nc3c(C(F)(F)F)cc(OC(C)F)cn3c2Cl)CC1. The Morgan fingerprint density at radius 2 is 1.97 bits per heavy atom. The largest absolute Gasteiger partial charge is 0.459 e. The lowest BCUT2D eigenvalue weighted by molar-refractivity contribution is -0.136. The van der Waals surface area contributed by atoms with E-state index < -0.39 is 35.4 Å². The number of rotatable bonds is 4. The van der Waals surface area contributed by atoms with Gasteiger partial charge in [0.05, 0.1) is 6.20 Å². The van der Waals surface area contributed by atoms with E-state index in [1.165, 1.54) is 11.8 Å². The predicted octanol–water partition coefficient (Wildman–Crippen LogP) is 3.44. The lowest BCUT2D eigenvalue weighted by atomic mass is 10.0. The minimum absolute atomic E-state index is 0.0812. The number of nitrogens with one attached hydrogen (secondary N) is 1. The van der Waals surface area contributed by atoms with Crippen LogP contribution in [0.25, 0.3) is 5.65 Å². The molecule has 2 amide bonds. The fourth-order valence-electron chi connectivity index (χ4n) is 3.35. The molecule has 12 heteroatoms. The highest BCUT2D eigenvalue weighted by Crippen LogP contribution is 2.37. The van der Waals surface area contributed by atoms with E-state index in [-0.39, 0.29) is 35.9 Å². The number of alkyl halides is 4. The van der Waals surface area contributed by atoms with Crippen molar-refractivity contribution in [2.45, 2.75) is 45.3 Å². The number of nitrogens with zero attached hydrogens (tertiary/aromatic N) is 3. The van der Waals surface area contributed by atoms with Gasteiger partial charge in [-0.15, -0.1) is 0 Å². The molecule has 2 aromatic heterocycles. The number of ether oxygens (including phenoxy) is 1. The molecular formula is C18H19ClF4N4O3. The highest BCUT2D eigenvalue weighted by molar-refractivity contribution is 6.33. The summed E-state index contributed by atoms with van der Waals surface area (Å²) < 4.78 is 59.3. The maximum Gasteiger partial charge on any atom is 0.420 e. The Labute approximate surface area is 173 Å². The molecule has 1 aliphatic rings. The van der Waals surface area contributed by atoms with Gasteiger partial charge in [0.2, 0.25) is 12.3 Å². The topological polar surface area (TPSA) is 75.9 Å². The second-order valence-corrected chi connectivity index (χ2v) is 7.32. The Bertz CT molecular complexity index is 968. The fourth-order valence-corrected chi connectivity index (χ4v) is 3.60. The van der Waals surface area contributed by atoms with Crippen molar-refractivity contribution in [3.63, 3.8) is 0 Å². The Morgan fingerprint density at radius 3 is 2.50 bits per heavy atom. The van der Waals surface area contributed by atoms with Gasteiger partial charge in [-0.1, -0.05) is 11.6 Å². The van der Waals surface area contributed by atoms with Crippen LogP contribution in [0.2, 0.25) is 5.15 Å². The Hall–Kier alpha value is -2.56. The highest BCUT2D eigenvalue weighted by atomic mass is 35.5. The maximum absolute atomic E-state index is 13.5. The average molecular weight is 451 g/mol. The summed E-state index contributed by atoms with van der Waals surface area (Å²) >= 11 is 6.18. The number of pyridine rings is 1. The number of hydrogen-bond acceptors (Lipinski definition) is 4. The van der Waals surface area contributed by atoms with E-state index >= 15 is 0 Å². The Kier molecular flexibility index (Phi) is 6.11.